The molecule has 1 aromatic heterocycles. The minimum atomic E-state index is 0.540. The molecule has 0 radical (unpaired) electrons. The van der Waals surface area contributed by atoms with Gasteiger partial charge >= 0.3 is 0 Å². The van der Waals surface area contributed by atoms with Crippen LogP contribution < -0.4 is 0 Å². The van der Waals surface area contributed by atoms with Gasteiger partial charge in [-0.25, -0.2) is 0 Å². The van der Waals surface area contributed by atoms with Gasteiger partial charge in [0, 0.05) is 28.1 Å². The van der Waals surface area contributed by atoms with E-state index in [0.717, 1.165) is 5.92 Å². The first-order valence-corrected chi connectivity index (χ1v) is 6.77. The average molecular weight is 229 g/mol. The van der Waals surface area contributed by atoms with Crippen LogP contribution in [0.4, 0.5) is 0 Å². The molecule has 2 heteroatoms. The van der Waals surface area contributed by atoms with Gasteiger partial charge in [-0.2, -0.15) is 0 Å². The number of benzene rings is 1. The third-order valence-corrected chi connectivity index (χ3v) is 5.57. The normalized spacial score (nSPS) is 33.2. The Bertz CT molecular complexity index is 526. The lowest BCUT2D eigenvalue weighted by molar-refractivity contribution is 0.364. The van der Waals surface area contributed by atoms with Crippen molar-refractivity contribution in [2.24, 2.45) is 5.92 Å². The first-order chi connectivity index (χ1) is 7.78. The highest BCUT2D eigenvalue weighted by atomic mass is 32.1. The van der Waals surface area contributed by atoms with Gasteiger partial charge in [0.1, 0.15) is 0 Å². The Balaban J connectivity index is 1.83. The molecule has 2 fully saturated rings. The summed E-state index contributed by atoms with van der Waals surface area (Å²) in [5.41, 5.74) is 0.540. The number of thiophene rings is 1. The van der Waals surface area contributed by atoms with Crippen molar-refractivity contribution < 1.29 is 0 Å². The highest BCUT2D eigenvalue weighted by molar-refractivity contribution is 7.19. The predicted molar refractivity (Wildman–Crippen MR) is 69.1 cm³/mol. The van der Waals surface area contributed by atoms with Crippen LogP contribution in [0.3, 0.4) is 0 Å². The van der Waals surface area contributed by atoms with Gasteiger partial charge in [-0.3, -0.25) is 0 Å². The second-order valence-corrected chi connectivity index (χ2v) is 6.49. The van der Waals surface area contributed by atoms with Crippen molar-refractivity contribution in [1.82, 2.24) is 4.90 Å². The maximum Gasteiger partial charge on any atom is 0.0345 e. The molecule has 1 aliphatic carbocycles. The SMILES string of the molecule is CN1C[C@@H]2CC2(c2cc3ccccc3s2)C1. The minimum absolute atomic E-state index is 0.540. The van der Waals surface area contributed by atoms with Crippen LogP contribution in [0.15, 0.2) is 30.3 Å². The number of rotatable bonds is 1. The summed E-state index contributed by atoms with van der Waals surface area (Å²) in [6.45, 7) is 2.57. The summed E-state index contributed by atoms with van der Waals surface area (Å²) in [4.78, 5) is 4.11. The molecule has 1 nitrogen and oxygen atoms in total. The van der Waals surface area contributed by atoms with Gasteiger partial charge in [-0.05, 0) is 36.9 Å². The number of hydrogen-bond donors (Lipinski definition) is 0. The number of hydrogen-bond acceptors (Lipinski definition) is 2. The number of likely N-dealkylation sites (tertiary alicyclic amines) is 1. The van der Waals surface area contributed by atoms with E-state index in [-0.39, 0.29) is 0 Å². The Morgan fingerprint density at radius 2 is 2.25 bits per heavy atom. The molecule has 1 unspecified atom stereocenters. The Labute approximate surface area is 99.7 Å². The maximum absolute atomic E-state index is 2.48. The van der Waals surface area contributed by atoms with E-state index in [9.17, 15) is 0 Å². The van der Waals surface area contributed by atoms with Crippen molar-refractivity contribution in [3.8, 4) is 0 Å². The lowest BCUT2D eigenvalue weighted by atomic mass is 10.0. The van der Waals surface area contributed by atoms with E-state index in [1.165, 1.54) is 29.6 Å². The topological polar surface area (TPSA) is 3.24 Å². The van der Waals surface area contributed by atoms with Crippen LogP contribution in [0.2, 0.25) is 0 Å². The maximum atomic E-state index is 2.48. The van der Waals surface area contributed by atoms with Crippen LogP contribution in [0.25, 0.3) is 10.1 Å². The summed E-state index contributed by atoms with van der Waals surface area (Å²) in [5, 5.41) is 1.43. The van der Waals surface area contributed by atoms with Crippen molar-refractivity contribution in [3.05, 3.63) is 35.2 Å². The van der Waals surface area contributed by atoms with Crippen molar-refractivity contribution in [2.45, 2.75) is 11.8 Å². The van der Waals surface area contributed by atoms with Crippen molar-refractivity contribution >= 4 is 21.4 Å². The molecule has 0 N–H and O–H groups in total. The van der Waals surface area contributed by atoms with Crippen molar-refractivity contribution in [1.29, 1.82) is 0 Å². The zero-order chi connectivity index (χ0) is 10.8. The number of fused-ring (bicyclic) bond motifs is 2. The highest BCUT2D eigenvalue weighted by Crippen LogP contribution is 2.60. The molecule has 0 spiro atoms. The van der Waals surface area contributed by atoms with Crippen LogP contribution in [0, 0.1) is 5.92 Å². The van der Waals surface area contributed by atoms with Gasteiger partial charge < -0.3 is 4.90 Å². The number of piperidine rings is 1. The van der Waals surface area contributed by atoms with Crippen LogP contribution in [0.1, 0.15) is 11.3 Å². The van der Waals surface area contributed by atoms with Gasteiger partial charge in [0.2, 0.25) is 0 Å². The molecule has 82 valence electrons. The molecule has 0 amide bonds. The number of nitrogens with zero attached hydrogens (tertiary/aromatic N) is 1. The van der Waals surface area contributed by atoms with Crippen LogP contribution >= 0.6 is 11.3 Å². The molecule has 0 bridgehead atoms. The van der Waals surface area contributed by atoms with E-state index in [2.05, 4.69) is 42.3 Å². The summed E-state index contributed by atoms with van der Waals surface area (Å²) in [7, 11) is 2.25. The number of likely N-dealkylation sites (N-methyl/N-ethyl adjacent to an activating group) is 1. The largest absolute Gasteiger partial charge is 0.305 e. The molecule has 1 saturated heterocycles. The highest BCUT2D eigenvalue weighted by Gasteiger charge is 2.60. The van der Waals surface area contributed by atoms with Gasteiger partial charge in [-0.1, -0.05) is 18.2 Å². The van der Waals surface area contributed by atoms with Gasteiger partial charge in [0.25, 0.3) is 0 Å². The van der Waals surface area contributed by atoms with Crippen LogP contribution in [-0.4, -0.2) is 25.0 Å². The third-order valence-electron chi connectivity index (χ3n) is 4.23. The van der Waals surface area contributed by atoms with Crippen LogP contribution in [0.5, 0.6) is 0 Å². The zero-order valence-electron chi connectivity index (χ0n) is 9.44. The first-order valence-electron chi connectivity index (χ1n) is 5.95. The van der Waals surface area contributed by atoms with Crippen molar-refractivity contribution in [2.75, 3.05) is 20.1 Å². The third kappa shape index (κ3) is 1.09. The fourth-order valence-electron chi connectivity index (χ4n) is 3.34. The Morgan fingerprint density at radius 3 is 3.00 bits per heavy atom. The molecule has 16 heavy (non-hydrogen) atoms. The summed E-state index contributed by atoms with van der Waals surface area (Å²) >= 11 is 2.01. The molecule has 1 aliphatic heterocycles. The minimum Gasteiger partial charge on any atom is -0.305 e. The molecule has 1 saturated carbocycles. The molecule has 2 aromatic rings. The van der Waals surface area contributed by atoms with Gasteiger partial charge in [0.15, 0.2) is 0 Å². The lowest BCUT2D eigenvalue weighted by Crippen LogP contribution is -2.21. The van der Waals surface area contributed by atoms with E-state index in [1.54, 1.807) is 4.88 Å². The van der Waals surface area contributed by atoms with Crippen molar-refractivity contribution in [3.63, 3.8) is 0 Å². The molecule has 2 heterocycles. The molecule has 4 rings (SSSR count). The van der Waals surface area contributed by atoms with Crippen LogP contribution in [-0.2, 0) is 5.41 Å². The first kappa shape index (κ1) is 9.20. The van der Waals surface area contributed by atoms with E-state index in [4.69, 9.17) is 0 Å². The van der Waals surface area contributed by atoms with E-state index >= 15 is 0 Å². The second-order valence-electron chi connectivity index (χ2n) is 5.40. The smallest absolute Gasteiger partial charge is 0.0345 e. The molecule has 1 aromatic carbocycles. The predicted octanol–water partition coefficient (Wildman–Crippen LogP) is 3.10. The van der Waals surface area contributed by atoms with Gasteiger partial charge in [-0.15, -0.1) is 11.3 Å². The average Bonchev–Trinajstić information content (AvgIpc) is 2.71. The molecule has 2 atom stereocenters. The zero-order valence-corrected chi connectivity index (χ0v) is 10.3. The van der Waals surface area contributed by atoms with Gasteiger partial charge in [0.05, 0.1) is 0 Å². The lowest BCUT2D eigenvalue weighted by Gasteiger charge is -2.14. The Kier molecular flexibility index (Phi) is 1.65. The molecular formula is C14H15NS. The fraction of sp³-hybridized carbons (Fsp3) is 0.429. The second kappa shape index (κ2) is 2.88. The molecular weight excluding hydrogens is 214 g/mol. The summed E-state index contributed by atoms with van der Waals surface area (Å²) in [5.74, 6) is 0.936. The summed E-state index contributed by atoms with van der Waals surface area (Å²) < 4.78 is 1.45. The Hall–Kier alpha value is -0.860. The standard InChI is InChI=1S/C14H15NS/c1-15-8-11-7-14(11,9-15)13-6-10-4-2-3-5-12(10)16-13/h2-6,11H,7-9H2,1H3/t11-,14?/m0/s1. The fourth-order valence-corrected chi connectivity index (χ4v) is 4.68. The molecule has 2 aliphatic rings. The Morgan fingerprint density at radius 1 is 1.38 bits per heavy atom. The monoisotopic (exact) mass is 229 g/mol. The summed E-state index contributed by atoms with van der Waals surface area (Å²) in [6, 6.07) is 11.2. The quantitative estimate of drug-likeness (QED) is 0.726. The van der Waals surface area contributed by atoms with E-state index in [0.29, 0.717) is 5.41 Å². The summed E-state index contributed by atoms with van der Waals surface area (Å²) in [6.07, 6.45) is 1.42. The van der Waals surface area contributed by atoms with E-state index < -0.39 is 0 Å². The van der Waals surface area contributed by atoms with E-state index in [1.807, 2.05) is 11.3 Å².